The predicted octanol–water partition coefficient (Wildman–Crippen LogP) is 1.27. The highest BCUT2D eigenvalue weighted by molar-refractivity contribution is 5.15. The van der Waals surface area contributed by atoms with Gasteiger partial charge in [-0.15, -0.1) is 0 Å². The van der Waals surface area contributed by atoms with Crippen molar-refractivity contribution in [1.29, 1.82) is 0 Å². The molecule has 1 fully saturated rings. The average Bonchev–Trinajstić information content (AvgIpc) is 2.71. The molecule has 146 valence electrons. The summed E-state index contributed by atoms with van der Waals surface area (Å²) in [4.78, 5) is 0. The van der Waals surface area contributed by atoms with E-state index in [0.29, 0.717) is 0 Å². The summed E-state index contributed by atoms with van der Waals surface area (Å²) in [5.74, 6) is 0. The highest BCUT2D eigenvalue weighted by Crippen LogP contribution is 2.29. The Morgan fingerprint density at radius 1 is 0.630 bits per heavy atom. The molecule has 0 unspecified atom stereocenters. The molecule has 2 aromatic rings. The Morgan fingerprint density at radius 3 is 1.56 bits per heavy atom. The molecular formula is C21H26O6. The first kappa shape index (κ1) is 19.9. The van der Waals surface area contributed by atoms with E-state index >= 15 is 0 Å². The molecule has 27 heavy (non-hydrogen) atoms. The maximum atomic E-state index is 10.5. The summed E-state index contributed by atoms with van der Waals surface area (Å²) in [6, 6.07) is 19.1. The average molecular weight is 374 g/mol. The van der Waals surface area contributed by atoms with Gasteiger partial charge >= 0.3 is 0 Å². The fourth-order valence-corrected chi connectivity index (χ4v) is 3.36. The van der Waals surface area contributed by atoms with E-state index in [4.69, 9.17) is 14.2 Å². The number of rotatable bonds is 7. The van der Waals surface area contributed by atoms with Gasteiger partial charge in [-0.1, -0.05) is 60.7 Å². The third-order valence-corrected chi connectivity index (χ3v) is 4.86. The third kappa shape index (κ3) is 4.73. The molecule has 3 N–H and O–H groups in total. The van der Waals surface area contributed by atoms with E-state index in [2.05, 4.69) is 0 Å². The van der Waals surface area contributed by atoms with Crippen LogP contribution < -0.4 is 0 Å². The van der Waals surface area contributed by atoms with Crippen LogP contribution in [0.1, 0.15) is 11.1 Å². The van der Waals surface area contributed by atoms with Crippen LogP contribution in [0.2, 0.25) is 0 Å². The first-order chi connectivity index (χ1) is 13.1. The van der Waals surface area contributed by atoms with E-state index in [1.54, 1.807) is 0 Å². The minimum atomic E-state index is -1.38. The molecule has 1 saturated carbocycles. The smallest absolute Gasteiger partial charge is 0.115 e. The Morgan fingerprint density at radius 2 is 1.07 bits per heavy atom. The highest BCUT2D eigenvalue weighted by atomic mass is 16.6. The Balaban J connectivity index is 1.76. The fraction of sp³-hybridized carbons (Fsp3) is 0.429. The topological polar surface area (TPSA) is 88.4 Å². The van der Waals surface area contributed by atoms with E-state index in [1.807, 2.05) is 60.7 Å². The van der Waals surface area contributed by atoms with Crippen LogP contribution in [0.3, 0.4) is 0 Å². The van der Waals surface area contributed by atoms with E-state index in [-0.39, 0.29) is 13.2 Å². The zero-order valence-corrected chi connectivity index (χ0v) is 15.2. The van der Waals surface area contributed by atoms with Crippen molar-refractivity contribution < 1.29 is 29.5 Å². The number of ether oxygens (including phenoxy) is 3. The summed E-state index contributed by atoms with van der Waals surface area (Å²) in [5.41, 5.74) is 1.88. The van der Waals surface area contributed by atoms with Crippen molar-refractivity contribution in [1.82, 2.24) is 0 Å². The molecule has 0 aromatic heterocycles. The molecule has 6 nitrogen and oxygen atoms in total. The van der Waals surface area contributed by atoms with Gasteiger partial charge in [0.1, 0.15) is 36.6 Å². The van der Waals surface area contributed by atoms with Crippen LogP contribution >= 0.6 is 0 Å². The van der Waals surface area contributed by atoms with Crippen LogP contribution in [0, 0.1) is 0 Å². The normalized spacial score (nSPS) is 31.0. The van der Waals surface area contributed by atoms with E-state index < -0.39 is 36.6 Å². The van der Waals surface area contributed by atoms with E-state index in [1.165, 1.54) is 7.11 Å². The molecule has 0 radical (unpaired) electrons. The molecule has 0 bridgehead atoms. The standard InChI is InChI=1S/C21H26O6/c1-25-19-17(23)16(22)18(24)20(26-12-14-8-4-2-5-9-14)21(19)27-13-15-10-6-3-7-11-15/h2-11,16-24H,12-13H2,1H3/t16-,17-,18-,19+,20-,21-/m0/s1. The van der Waals surface area contributed by atoms with Crippen molar-refractivity contribution in [3.63, 3.8) is 0 Å². The molecule has 6 heteroatoms. The molecule has 6 atom stereocenters. The lowest BCUT2D eigenvalue weighted by Gasteiger charge is -2.45. The number of benzene rings is 2. The van der Waals surface area contributed by atoms with Crippen LogP contribution in [0.15, 0.2) is 60.7 Å². The van der Waals surface area contributed by atoms with Crippen molar-refractivity contribution in [3.05, 3.63) is 71.8 Å². The van der Waals surface area contributed by atoms with Gasteiger partial charge in [0, 0.05) is 7.11 Å². The van der Waals surface area contributed by atoms with Gasteiger partial charge in [-0.2, -0.15) is 0 Å². The summed E-state index contributed by atoms with van der Waals surface area (Å²) in [6.07, 6.45) is -6.37. The maximum Gasteiger partial charge on any atom is 0.115 e. The van der Waals surface area contributed by atoms with Crippen molar-refractivity contribution in [3.8, 4) is 0 Å². The van der Waals surface area contributed by atoms with E-state index in [0.717, 1.165) is 11.1 Å². The second kappa shape index (κ2) is 9.41. The summed E-state index contributed by atoms with van der Waals surface area (Å²) >= 11 is 0. The SMILES string of the molecule is CO[C@@H]1[C@@H](O)[C@H](O)[C@H](O)[C@H](OCc2ccccc2)[C@H]1OCc1ccccc1. The lowest BCUT2D eigenvalue weighted by atomic mass is 9.84. The number of hydrogen-bond acceptors (Lipinski definition) is 6. The first-order valence-electron chi connectivity index (χ1n) is 9.00. The van der Waals surface area contributed by atoms with Crippen LogP contribution in [0.5, 0.6) is 0 Å². The Labute approximate surface area is 158 Å². The molecule has 3 rings (SSSR count). The quantitative estimate of drug-likeness (QED) is 0.676. The summed E-state index contributed by atoms with van der Waals surface area (Å²) < 4.78 is 17.3. The van der Waals surface area contributed by atoms with Gasteiger partial charge in [0.05, 0.1) is 13.2 Å². The van der Waals surface area contributed by atoms with Crippen molar-refractivity contribution in [2.24, 2.45) is 0 Å². The molecule has 0 spiro atoms. The van der Waals surface area contributed by atoms with Gasteiger partial charge in [0.15, 0.2) is 0 Å². The predicted molar refractivity (Wildman–Crippen MR) is 98.9 cm³/mol. The summed E-state index contributed by atoms with van der Waals surface area (Å²) in [6.45, 7) is 0.513. The second-order valence-corrected chi connectivity index (χ2v) is 6.69. The molecule has 0 amide bonds. The Kier molecular flexibility index (Phi) is 6.95. The first-order valence-corrected chi connectivity index (χ1v) is 9.00. The Hall–Kier alpha value is -1.80. The van der Waals surface area contributed by atoms with Crippen LogP contribution in [0.4, 0.5) is 0 Å². The maximum absolute atomic E-state index is 10.5. The third-order valence-electron chi connectivity index (χ3n) is 4.86. The van der Waals surface area contributed by atoms with E-state index in [9.17, 15) is 15.3 Å². The van der Waals surface area contributed by atoms with Gasteiger partial charge in [0.2, 0.25) is 0 Å². The fourth-order valence-electron chi connectivity index (χ4n) is 3.36. The highest BCUT2D eigenvalue weighted by Gasteiger charge is 2.51. The lowest BCUT2D eigenvalue weighted by Crippen LogP contribution is -2.65. The van der Waals surface area contributed by atoms with Gasteiger partial charge in [-0.05, 0) is 11.1 Å². The van der Waals surface area contributed by atoms with Crippen molar-refractivity contribution >= 4 is 0 Å². The number of aliphatic hydroxyl groups excluding tert-OH is 3. The van der Waals surface area contributed by atoms with Crippen LogP contribution in [-0.4, -0.2) is 59.1 Å². The largest absolute Gasteiger partial charge is 0.387 e. The molecule has 2 aromatic carbocycles. The molecule has 0 heterocycles. The minimum Gasteiger partial charge on any atom is -0.387 e. The van der Waals surface area contributed by atoms with Crippen molar-refractivity contribution in [2.75, 3.05) is 7.11 Å². The molecular weight excluding hydrogens is 348 g/mol. The molecule has 0 saturated heterocycles. The monoisotopic (exact) mass is 374 g/mol. The zero-order chi connectivity index (χ0) is 19.2. The molecule has 1 aliphatic carbocycles. The Bertz CT molecular complexity index is 680. The number of aliphatic hydroxyl groups is 3. The minimum absolute atomic E-state index is 0.243. The van der Waals surface area contributed by atoms with Gasteiger partial charge in [-0.3, -0.25) is 0 Å². The number of hydrogen-bond donors (Lipinski definition) is 3. The van der Waals surface area contributed by atoms with Crippen LogP contribution in [0.25, 0.3) is 0 Å². The van der Waals surface area contributed by atoms with Gasteiger partial charge < -0.3 is 29.5 Å². The van der Waals surface area contributed by atoms with Gasteiger partial charge in [0.25, 0.3) is 0 Å². The van der Waals surface area contributed by atoms with Crippen molar-refractivity contribution in [2.45, 2.75) is 49.8 Å². The summed E-state index contributed by atoms with van der Waals surface area (Å²) in [7, 11) is 1.44. The lowest BCUT2D eigenvalue weighted by molar-refractivity contribution is -0.256. The molecule has 1 aliphatic rings. The second-order valence-electron chi connectivity index (χ2n) is 6.69. The van der Waals surface area contributed by atoms with Crippen LogP contribution in [-0.2, 0) is 27.4 Å². The zero-order valence-electron chi connectivity index (χ0n) is 15.2. The van der Waals surface area contributed by atoms with Gasteiger partial charge in [-0.25, -0.2) is 0 Å². The number of methoxy groups -OCH3 is 1. The summed E-state index contributed by atoms with van der Waals surface area (Å²) in [5, 5.41) is 31.0. The molecule has 0 aliphatic heterocycles.